The van der Waals surface area contributed by atoms with E-state index in [1.165, 1.54) is 6.42 Å². The summed E-state index contributed by atoms with van der Waals surface area (Å²) in [5, 5.41) is 10.5. The van der Waals surface area contributed by atoms with Gasteiger partial charge in [-0.25, -0.2) is 0 Å². The monoisotopic (exact) mass is 293 g/mol. The minimum Gasteiger partial charge on any atom is -0.493 e. The molecule has 3 atom stereocenters. The summed E-state index contributed by atoms with van der Waals surface area (Å²) in [6.45, 7) is 7.40. The van der Waals surface area contributed by atoms with Gasteiger partial charge < -0.3 is 19.5 Å². The summed E-state index contributed by atoms with van der Waals surface area (Å²) < 4.78 is 10.5. The SMILES string of the molecule is COc1ccc(C(O)CN2CCC(C)C(C)C2)cc1OC. The van der Waals surface area contributed by atoms with Crippen molar-refractivity contribution < 1.29 is 14.6 Å². The van der Waals surface area contributed by atoms with Crippen molar-refractivity contribution in [2.24, 2.45) is 11.8 Å². The first-order chi connectivity index (χ1) is 10.0. The summed E-state index contributed by atoms with van der Waals surface area (Å²) in [4.78, 5) is 2.35. The van der Waals surface area contributed by atoms with Crippen molar-refractivity contribution in [1.29, 1.82) is 0 Å². The molecule has 0 bridgehead atoms. The Morgan fingerprint density at radius 2 is 1.90 bits per heavy atom. The van der Waals surface area contributed by atoms with Gasteiger partial charge in [-0.05, 0) is 42.5 Å². The van der Waals surface area contributed by atoms with Crippen LogP contribution in [0.2, 0.25) is 0 Å². The largest absolute Gasteiger partial charge is 0.493 e. The summed E-state index contributed by atoms with van der Waals surface area (Å²) in [7, 11) is 3.23. The van der Waals surface area contributed by atoms with E-state index in [1.54, 1.807) is 14.2 Å². The van der Waals surface area contributed by atoms with E-state index in [2.05, 4.69) is 18.7 Å². The number of likely N-dealkylation sites (tertiary alicyclic amines) is 1. The highest BCUT2D eigenvalue weighted by molar-refractivity contribution is 5.43. The molecule has 3 unspecified atom stereocenters. The summed E-state index contributed by atoms with van der Waals surface area (Å²) in [5.41, 5.74) is 0.874. The van der Waals surface area contributed by atoms with E-state index in [9.17, 15) is 5.11 Å². The summed E-state index contributed by atoms with van der Waals surface area (Å²) in [6.07, 6.45) is 0.713. The van der Waals surface area contributed by atoms with Gasteiger partial charge in [0.05, 0.1) is 20.3 Å². The van der Waals surface area contributed by atoms with E-state index in [0.717, 1.165) is 24.6 Å². The molecule has 1 N–H and O–H groups in total. The van der Waals surface area contributed by atoms with Crippen LogP contribution in [-0.4, -0.2) is 43.9 Å². The van der Waals surface area contributed by atoms with Crippen LogP contribution in [0.5, 0.6) is 11.5 Å². The van der Waals surface area contributed by atoms with Crippen molar-refractivity contribution in [3.8, 4) is 11.5 Å². The molecule has 0 spiro atoms. The van der Waals surface area contributed by atoms with E-state index < -0.39 is 6.10 Å². The average molecular weight is 293 g/mol. The fourth-order valence-corrected chi connectivity index (χ4v) is 2.93. The number of nitrogens with zero attached hydrogens (tertiary/aromatic N) is 1. The fourth-order valence-electron chi connectivity index (χ4n) is 2.93. The van der Waals surface area contributed by atoms with Crippen LogP contribution in [0.4, 0.5) is 0 Å². The highest BCUT2D eigenvalue weighted by atomic mass is 16.5. The molecule has 2 rings (SSSR count). The third kappa shape index (κ3) is 3.89. The molecule has 1 saturated heterocycles. The minimum absolute atomic E-state index is 0.495. The summed E-state index contributed by atoms with van der Waals surface area (Å²) in [6, 6.07) is 5.61. The molecule has 118 valence electrons. The van der Waals surface area contributed by atoms with Gasteiger partial charge in [-0.2, -0.15) is 0 Å². The predicted octanol–water partition coefficient (Wildman–Crippen LogP) is 2.72. The van der Waals surface area contributed by atoms with Gasteiger partial charge in [0.25, 0.3) is 0 Å². The Bertz CT molecular complexity index is 463. The molecule has 1 aromatic carbocycles. The number of benzene rings is 1. The summed E-state index contributed by atoms with van der Waals surface area (Å²) in [5.74, 6) is 2.82. The van der Waals surface area contributed by atoms with E-state index in [0.29, 0.717) is 24.0 Å². The third-order valence-electron chi connectivity index (χ3n) is 4.64. The van der Waals surface area contributed by atoms with Crippen molar-refractivity contribution in [1.82, 2.24) is 4.90 Å². The van der Waals surface area contributed by atoms with Crippen LogP contribution in [0, 0.1) is 11.8 Å². The molecular formula is C17H27NO3. The first kappa shape index (κ1) is 16.1. The molecule has 0 aliphatic carbocycles. The second-order valence-electron chi connectivity index (χ2n) is 6.13. The van der Waals surface area contributed by atoms with Crippen LogP contribution in [0.3, 0.4) is 0 Å². The number of methoxy groups -OCH3 is 2. The molecule has 21 heavy (non-hydrogen) atoms. The van der Waals surface area contributed by atoms with Gasteiger partial charge in [-0.15, -0.1) is 0 Å². The maximum atomic E-state index is 10.5. The van der Waals surface area contributed by atoms with Gasteiger partial charge >= 0.3 is 0 Å². The molecule has 1 aliphatic heterocycles. The van der Waals surface area contributed by atoms with Crippen LogP contribution in [0.25, 0.3) is 0 Å². The van der Waals surface area contributed by atoms with Crippen molar-refractivity contribution in [3.63, 3.8) is 0 Å². The maximum absolute atomic E-state index is 10.5. The molecule has 0 aromatic heterocycles. The minimum atomic E-state index is -0.495. The Morgan fingerprint density at radius 3 is 2.52 bits per heavy atom. The zero-order valence-electron chi connectivity index (χ0n) is 13.5. The number of rotatable bonds is 5. The van der Waals surface area contributed by atoms with Gasteiger partial charge in [-0.3, -0.25) is 0 Å². The maximum Gasteiger partial charge on any atom is 0.161 e. The quantitative estimate of drug-likeness (QED) is 0.906. The van der Waals surface area contributed by atoms with Crippen molar-refractivity contribution in [3.05, 3.63) is 23.8 Å². The number of hydrogen-bond acceptors (Lipinski definition) is 4. The molecular weight excluding hydrogens is 266 g/mol. The molecule has 0 amide bonds. The van der Waals surface area contributed by atoms with Crippen LogP contribution in [-0.2, 0) is 0 Å². The van der Waals surface area contributed by atoms with E-state index >= 15 is 0 Å². The fraction of sp³-hybridized carbons (Fsp3) is 0.647. The second-order valence-corrected chi connectivity index (χ2v) is 6.13. The van der Waals surface area contributed by atoms with E-state index in [-0.39, 0.29) is 0 Å². The number of piperidine rings is 1. The molecule has 1 fully saturated rings. The van der Waals surface area contributed by atoms with Crippen LogP contribution in [0.1, 0.15) is 31.9 Å². The Labute approximate surface area is 127 Å². The first-order valence-electron chi connectivity index (χ1n) is 7.67. The van der Waals surface area contributed by atoms with Crippen molar-refractivity contribution in [2.45, 2.75) is 26.4 Å². The molecule has 1 aromatic rings. The van der Waals surface area contributed by atoms with Crippen LogP contribution in [0.15, 0.2) is 18.2 Å². The Balaban J connectivity index is 2.01. The van der Waals surface area contributed by atoms with Gasteiger partial charge in [-0.1, -0.05) is 19.9 Å². The summed E-state index contributed by atoms with van der Waals surface area (Å²) >= 11 is 0. The third-order valence-corrected chi connectivity index (χ3v) is 4.64. The molecule has 0 saturated carbocycles. The Morgan fingerprint density at radius 1 is 1.19 bits per heavy atom. The predicted molar refractivity (Wildman–Crippen MR) is 83.9 cm³/mol. The zero-order chi connectivity index (χ0) is 15.4. The average Bonchev–Trinajstić information content (AvgIpc) is 2.50. The molecule has 1 aliphatic rings. The van der Waals surface area contributed by atoms with Crippen molar-refractivity contribution >= 4 is 0 Å². The number of β-amino-alcohol motifs (C(OH)–C–C–N with tert-alkyl or cyclic N) is 1. The Kier molecular flexibility index (Phi) is 5.48. The topological polar surface area (TPSA) is 41.9 Å². The number of ether oxygens (including phenoxy) is 2. The van der Waals surface area contributed by atoms with E-state index in [1.807, 2.05) is 18.2 Å². The van der Waals surface area contributed by atoms with Gasteiger partial charge in [0.15, 0.2) is 11.5 Å². The molecule has 0 radical (unpaired) electrons. The molecule has 4 heteroatoms. The zero-order valence-corrected chi connectivity index (χ0v) is 13.5. The van der Waals surface area contributed by atoms with Gasteiger partial charge in [0, 0.05) is 13.1 Å². The normalized spacial score (nSPS) is 24.6. The lowest BCUT2D eigenvalue weighted by Gasteiger charge is -2.36. The lowest BCUT2D eigenvalue weighted by molar-refractivity contribution is 0.0703. The standard InChI is InChI=1S/C17H27NO3/c1-12-7-8-18(10-13(12)2)11-15(19)14-5-6-16(20-3)17(9-14)21-4/h5-6,9,12-13,15,19H,7-8,10-11H2,1-4H3. The Hall–Kier alpha value is -1.26. The second kappa shape index (κ2) is 7.14. The first-order valence-corrected chi connectivity index (χ1v) is 7.67. The smallest absolute Gasteiger partial charge is 0.161 e. The van der Waals surface area contributed by atoms with Crippen molar-refractivity contribution in [2.75, 3.05) is 33.9 Å². The molecule has 1 heterocycles. The lowest BCUT2D eigenvalue weighted by atomic mass is 9.88. The lowest BCUT2D eigenvalue weighted by Crippen LogP contribution is -2.40. The highest BCUT2D eigenvalue weighted by Crippen LogP contribution is 2.31. The number of aliphatic hydroxyl groups is 1. The highest BCUT2D eigenvalue weighted by Gasteiger charge is 2.24. The number of hydrogen-bond donors (Lipinski definition) is 1. The van der Waals surface area contributed by atoms with Crippen LogP contribution >= 0.6 is 0 Å². The van der Waals surface area contributed by atoms with Gasteiger partial charge in [0.2, 0.25) is 0 Å². The molecule has 4 nitrogen and oxygen atoms in total. The number of aliphatic hydroxyl groups excluding tert-OH is 1. The van der Waals surface area contributed by atoms with E-state index in [4.69, 9.17) is 9.47 Å². The van der Waals surface area contributed by atoms with Crippen LogP contribution < -0.4 is 9.47 Å². The van der Waals surface area contributed by atoms with Gasteiger partial charge in [0.1, 0.15) is 0 Å².